The number of hydrogen-bond acceptors (Lipinski definition) is 6. The number of fused-ring (bicyclic) bond motifs is 1. The standard InChI is InChI=1S/C15H12N6OS/c16-13(22)10-8-20(12-5-1-2-6-17-12)15-18-14(19-21(15)9-10)11-4-3-7-23-11/h1-8H,9H2,(H2,16,22). The van der Waals surface area contributed by atoms with Crippen LogP contribution in [-0.2, 0) is 11.3 Å². The van der Waals surface area contributed by atoms with Crippen LogP contribution in [0.1, 0.15) is 0 Å². The Kier molecular flexibility index (Phi) is 3.16. The first kappa shape index (κ1) is 13.6. The van der Waals surface area contributed by atoms with Crippen LogP contribution in [0, 0.1) is 0 Å². The normalized spacial score (nSPS) is 13.6. The van der Waals surface area contributed by atoms with Crippen LogP contribution in [0.25, 0.3) is 10.7 Å². The molecule has 8 heteroatoms. The Hall–Kier alpha value is -3.00. The highest BCUT2D eigenvalue weighted by Gasteiger charge is 2.26. The van der Waals surface area contributed by atoms with Gasteiger partial charge in [-0.3, -0.25) is 9.69 Å². The maximum atomic E-state index is 11.6. The first-order valence-corrected chi connectivity index (χ1v) is 7.80. The zero-order valence-electron chi connectivity index (χ0n) is 12.0. The Morgan fingerprint density at radius 2 is 2.17 bits per heavy atom. The molecule has 1 amide bonds. The molecule has 4 heterocycles. The third kappa shape index (κ3) is 2.38. The van der Waals surface area contributed by atoms with E-state index in [0.29, 0.717) is 29.7 Å². The van der Waals surface area contributed by atoms with E-state index in [1.165, 1.54) is 0 Å². The van der Waals surface area contributed by atoms with Gasteiger partial charge in [-0.15, -0.1) is 16.4 Å². The average Bonchev–Trinajstić information content (AvgIpc) is 3.23. The number of thiophene rings is 1. The Bertz CT molecular complexity index is 884. The highest BCUT2D eigenvalue weighted by atomic mass is 32.1. The van der Waals surface area contributed by atoms with Crippen LogP contribution in [0.4, 0.5) is 11.8 Å². The summed E-state index contributed by atoms with van der Waals surface area (Å²) in [5.41, 5.74) is 5.90. The number of amides is 1. The minimum Gasteiger partial charge on any atom is -0.366 e. The van der Waals surface area contributed by atoms with Gasteiger partial charge in [-0.2, -0.15) is 4.98 Å². The molecule has 1 aliphatic heterocycles. The van der Waals surface area contributed by atoms with Crippen molar-refractivity contribution in [2.24, 2.45) is 5.73 Å². The van der Waals surface area contributed by atoms with Crippen molar-refractivity contribution in [3.63, 3.8) is 0 Å². The molecule has 0 spiro atoms. The maximum absolute atomic E-state index is 11.6. The number of carbonyl (C=O) groups is 1. The fourth-order valence-corrected chi connectivity index (χ4v) is 3.00. The van der Waals surface area contributed by atoms with Gasteiger partial charge < -0.3 is 5.73 Å². The van der Waals surface area contributed by atoms with Gasteiger partial charge in [-0.05, 0) is 23.6 Å². The van der Waals surface area contributed by atoms with Gasteiger partial charge in [-0.1, -0.05) is 12.1 Å². The van der Waals surface area contributed by atoms with Crippen molar-refractivity contribution in [1.29, 1.82) is 0 Å². The lowest BCUT2D eigenvalue weighted by Gasteiger charge is -2.24. The number of anilines is 2. The highest BCUT2D eigenvalue weighted by molar-refractivity contribution is 7.13. The third-order valence-corrected chi connectivity index (χ3v) is 4.29. The van der Waals surface area contributed by atoms with Gasteiger partial charge in [0.05, 0.1) is 17.0 Å². The lowest BCUT2D eigenvalue weighted by Crippen LogP contribution is -2.28. The molecule has 23 heavy (non-hydrogen) atoms. The van der Waals surface area contributed by atoms with Crippen LogP contribution in [0.3, 0.4) is 0 Å². The molecule has 0 saturated heterocycles. The zero-order valence-corrected chi connectivity index (χ0v) is 12.8. The number of primary amides is 1. The molecule has 2 N–H and O–H groups in total. The van der Waals surface area contributed by atoms with Crippen molar-refractivity contribution < 1.29 is 4.79 Å². The van der Waals surface area contributed by atoms with E-state index >= 15 is 0 Å². The fraction of sp³-hybridized carbons (Fsp3) is 0.0667. The minimum atomic E-state index is -0.482. The molecule has 0 fully saturated rings. The number of nitrogens with two attached hydrogens (primary N) is 1. The molecule has 1 aliphatic rings. The van der Waals surface area contributed by atoms with Gasteiger partial charge in [0.25, 0.3) is 0 Å². The lowest BCUT2D eigenvalue weighted by atomic mass is 10.2. The zero-order chi connectivity index (χ0) is 15.8. The third-order valence-electron chi connectivity index (χ3n) is 3.43. The molecule has 0 aromatic carbocycles. The van der Waals surface area contributed by atoms with Crippen molar-refractivity contribution in [1.82, 2.24) is 19.7 Å². The highest BCUT2D eigenvalue weighted by Crippen LogP contribution is 2.31. The van der Waals surface area contributed by atoms with E-state index in [2.05, 4.69) is 15.1 Å². The molecule has 0 atom stereocenters. The van der Waals surface area contributed by atoms with E-state index in [1.54, 1.807) is 33.3 Å². The predicted octanol–water partition coefficient (Wildman–Crippen LogP) is 1.92. The second kappa shape index (κ2) is 5.33. The fourth-order valence-electron chi connectivity index (χ4n) is 2.35. The number of hydrogen-bond donors (Lipinski definition) is 1. The summed E-state index contributed by atoms with van der Waals surface area (Å²) < 4.78 is 1.67. The van der Waals surface area contributed by atoms with Crippen LogP contribution in [0.2, 0.25) is 0 Å². The van der Waals surface area contributed by atoms with E-state index < -0.39 is 5.91 Å². The molecule has 0 aliphatic carbocycles. The first-order valence-electron chi connectivity index (χ1n) is 6.92. The topological polar surface area (TPSA) is 89.9 Å². The van der Waals surface area contributed by atoms with E-state index in [4.69, 9.17) is 5.73 Å². The largest absolute Gasteiger partial charge is 0.366 e. The first-order chi connectivity index (χ1) is 11.2. The molecule has 0 radical (unpaired) electrons. The number of nitrogens with zero attached hydrogens (tertiary/aromatic N) is 5. The Morgan fingerprint density at radius 1 is 1.26 bits per heavy atom. The molecule has 3 aromatic heterocycles. The van der Waals surface area contributed by atoms with Crippen molar-refractivity contribution >= 4 is 29.0 Å². The summed E-state index contributed by atoms with van der Waals surface area (Å²) in [7, 11) is 0. The second-order valence-corrected chi connectivity index (χ2v) is 5.89. The summed E-state index contributed by atoms with van der Waals surface area (Å²) in [5.74, 6) is 1.40. The molecule has 0 bridgehead atoms. The van der Waals surface area contributed by atoms with Gasteiger partial charge in [0.15, 0.2) is 5.82 Å². The average molecular weight is 324 g/mol. The summed E-state index contributed by atoms with van der Waals surface area (Å²) in [6, 6.07) is 9.44. The van der Waals surface area contributed by atoms with E-state index in [9.17, 15) is 4.79 Å². The summed E-state index contributed by atoms with van der Waals surface area (Å²) in [6.07, 6.45) is 3.36. The molecular weight excluding hydrogens is 312 g/mol. The maximum Gasteiger partial charge on any atom is 0.248 e. The summed E-state index contributed by atoms with van der Waals surface area (Å²) in [5, 5.41) is 6.47. The Balaban J connectivity index is 1.84. The summed E-state index contributed by atoms with van der Waals surface area (Å²) in [4.78, 5) is 23.2. The van der Waals surface area contributed by atoms with Gasteiger partial charge >= 0.3 is 0 Å². The Morgan fingerprint density at radius 3 is 2.87 bits per heavy atom. The van der Waals surface area contributed by atoms with Crippen LogP contribution in [0.5, 0.6) is 0 Å². The van der Waals surface area contributed by atoms with Crippen LogP contribution in [0.15, 0.2) is 53.7 Å². The molecule has 4 rings (SSSR count). The van der Waals surface area contributed by atoms with Gasteiger partial charge in [0.1, 0.15) is 5.82 Å². The molecule has 7 nitrogen and oxygen atoms in total. The lowest BCUT2D eigenvalue weighted by molar-refractivity contribution is -0.114. The monoisotopic (exact) mass is 324 g/mol. The van der Waals surface area contributed by atoms with Crippen molar-refractivity contribution in [2.45, 2.75) is 6.54 Å². The number of carbonyl (C=O) groups excluding carboxylic acids is 1. The molecular formula is C15H12N6OS. The minimum absolute atomic E-state index is 0.298. The quantitative estimate of drug-likeness (QED) is 0.795. The van der Waals surface area contributed by atoms with Crippen LogP contribution in [-0.4, -0.2) is 25.7 Å². The van der Waals surface area contributed by atoms with E-state index in [0.717, 1.165) is 4.88 Å². The van der Waals surface area contributed by atoms with Gasteiger partial charge in [0.2, 0.25) is 11.9 Å². The molecule has 0 saturated carbocycles. The summed E-state index contributed by atoms with van der Waals surface area (Å²) in [6.45, 7) is 0.298. The van der Waals surface area contributed by atoms with E-state index in [-0.39, 0.29) is 0 Å². The van der Waals surface area contributed by atoms with Crippen molar-refractivity contribution in [3.8, 4) is 10.7 Å². The van der Waals surface area contributed by atoms with Gasteiger partial charge in [-0.25, -0.2) is 9.67 Å². The molecule has 3 aromatic rings. The summed E-state index contributed by atoms with van der Waals surface area (Å²) >= 11 is 1.56. The SMILES string of the molecule is NC(=O)C1=CN(c2ccccn2)c2nc(-c3cccs3)nn2C1. The second-order valence-electron chi connectivity index (χ2n) is 4.95. The van der Waals surface area contributed by atoms with Crippen molar-refractivity contribution in [2.75, 3.05) is 4.90 Å². The van der Waals surface area contributed by atoms with E-state index in [1.807, 2.05) is 35.7 Å². The van der Waals surface area contributed by atoms with Crippen LogP contribution >= 0.6 is 11.3 Å². The molecule has 0 unspecified atom stereocenters. The van der Waals surface area contributed by atoms with Crippen LogP contribution < -0.4 is 10.6 Å². The molecule has 114 valence electrons. The Labute approximate surface area is 135 Å². The van der Waals surface area contributed by atoms with Gasteiger partial charge in [0, 0.05) is 12.4 Å². The predicted molar refractivity (Wildman–Crippen MR) is 87.0 cm³/mol. The number of aromatic nitrogens is 4. The number of pyridine rings is 1. The number of rotatable bonds is 3. The van der Waals surface area contributed by atoms with Crippen molar-refractivity contribution in [3.05, 3.63) is 53.7 Å². The smallest absolute Gasteiger partial charge is 0.248 e.